The van der Waals surface area contributed by atoms with E-state index in [2.05, 4.69) is 18.8 Å². The third kappa shape index (κ3) is 2.07. The second kappa shape index (κ2) is 4.59. The van der Waals surface area contributed by atoms with Crippen LogP contribution in [0.2, 0.25) is 0 Å². The van der Waals surface area contributed by atoms with Crippen LogP contribution < -0.4 is 5.56 Å². The number of hydrogen-bond donors (Lipinski definition) is 2. The normalized spacial score (nSPS) is 22.9. The van der Waals surface area contributed by atoms with Crippen molar-refractivity contribution in [1.29, 1.82) is 0 Å². The Hall–Kier alpha value is -1.58. The Kier molecular flexibility index (Phi) is 3.28. The van der Waals surface area contributed by atoms with E-state index in [0.29, 0.717) is 5.92 Å². The Morgan fingerprint density at radius 3 is 2.67 bits per heavy atom. The number of nitrogens with one attached hydrogen (secondary N) is 1. The lowest BCUT2D eigenvalue weighted by Crippen LogP contribution is -2.26. The molecule has 2 atom stereocenters. The van der Waals surface area contributed by atoms with Gasteiger partial charge in [-0.3, -0.25) is 4.79 Å². The van der Waals surface area contributed by atoms with Gasteiger partial charge in [-0.2, -0.15) is 0 Å². The molecule has 0 radical (unpaired) electrons. The molecule has 0 aromatic carbocycles. The average molecular weight is 249 g/mol. The Bertz CT molecular complexity index is 530. The highest BCUT2D eigenvalue weighted by Crippen LogP contribution is 2.41. The standard InChI is InChI=1S/C14H19NO3/c1-7(2)9-5-4-8(3)12-10(14(17)18)6-11(16)15-13(9)12/h6-9H,4-5H2,1-3H3,(H,15,16)(H,17,18). The van der Waals surface area contributed by atoms with Crippen LogP contribution in [-0.2, 0) is 0 Å². The van der Waals surface area contributed by atoms with Crippen molar-refractivity contribution in [3.8, 4) is 0 Å². The van der Waals surface area contributed by atoms with E-state index in [4.69, 9.17) is 0 Å². The van der Waals surface area contributed by atoms with Crippen molar-refractivity contribution in [2.24, 2.45) is 5.92 Å². The Morgan fingerprint density at radius 2 is 2.11 bits per heavy atom. The fourth-order valence-electron chi connectivity index (χ4n) is 2.98. The summed E-state index contributed by atoms with van der Waals surface area (Å²) in [6.07, 6.45) is 1.98. The Balaban J connectivity index is 2.69. The lowest BCUT2D eigenvalue weighted by molar-refractivity contribution is 0.0694. The third-order valence-corrected chi connectivity index (χ3v) is 3.92. The molecule has 2 rings (SSSR count). The third-order valence-electron chi connectivity index (χ3n) is 3.92. The summed E-state index contributed by atoms with van der Waals surface area (Å²) in [5.41, 5.74) is 1.53. The van der Waals surface area contributed by atoms with Gasteiger partial charge in [0.15, 0.2) is 0 Å². The highest BCUT2D eigenvalue weighted by molar-refractivity contribution is 5.90. The van der Waals surface area contributed by atoms with Crippen LogP contribution in [0.25, 0.3) is 0 Å². The molecule has 1 heterocycles. The van der Waals surface area contributed by atoms with Crippen molar-refractivity contribution < 1.29 is 9.90 Å². The smallest absolute Gasteiger partial charge is 0.336 e. The minimum Gasteiger partial charge on any atom is -0.478 e. The molecule has 98 valence electrons. The van der Waals surface area contributed by atoms with Crippen molar-refractivity contribution in [2.45, 2.75) is 45.4 Å². The molecule has 4 heteroatoms. The lowest BCUT2D eigenvalue weighted by atomic mass is 9.74. The average Bonchev–Trinajstić information content (AvgIpc) is 2.27. The van der Waals surface area contributed by atoms with Crippen LogP contribution in [0, 0.1) is 5.92 Å². The maximum Gasteiger partial charge on any atom is 0.336 e. The van der Waals surface area contributed by atoms with E-state index >= 15 is 0 Å². The summed E-state index contributed by atoms with van der Waals surface area (Å²) in [6, 6.07) is 1.21. The fraction of sp³-hybridized carbons (Fsp3) is 0.571. The van der Waals surface area contributed by atoms with Gasteiger partial charge in [-0.15, -0.1) is 0 Å². The first-order valence-corrected chi connectivity index (χ1v) is 6.42. The lowest BCUT2D eigenvalue weighted by Gasteiger charge is -2.32. The van der Waals surface area contributed by atoms with Crippen molar-refractivity contribution >= 4 is 5.97 Å². The van der Waals surface area contributed by atoms with Gasteiger partial charge < -0.3 is 10.1 Å². The van der Waals surface area contributed by atoms with Crippen LogP contribution >= 0.6 is 0 Å². The SMILES string of the molecule is CC1CCC(C(C)C)c2[nH]c(=O)cc(C(=O)O)c21. The molecule has 0 saturated heterocycles. The largest absolute Gasteiger partial charge is 0.478 e. The van der Waals surface area contributed by atoms with Gasteiger partial charge in [-0.1, -0.05) is 20.8 Å². The maximum atomic E-state index is 11.6. The number of carboxylic acids is 1. The van der Waals surface area contributed by atoms with Crippen molar-refractivity contribution in [3.63, 3.8) is 0 Å². The number of carboxylic acid groups (broad SMARTS) is 1. The van der Waals surface area contributed by atoms with E-state index < -0.39 is 5.97 Å². The predicted octanol–water partition coefficient (Wildman–Crippen LogP) is 2.71. The number of aromatic amines is 1. The minimum atomic E-state index is -1.01. The summed E-state index contributed by atoms with van der Waals surface area (Å²) >= 11 is 0. The number of carbonyl (C=O) groups is 1. The number of fused-ring (bicyclic) bond motifs is 1. The molecule has 2 unspecified atom stereocenters. The number of aromatic carboxylic acids is 1. The van der Waals surface area contributed by atoms with Gasteiger partial charge in [0.1, 0.15) is 0 Å². The first-order chi connectivity index (χ1) is 8.41. The zero-order chi connectivity index (χ0) is 13.4. The van der Waals surface area contributed by atoms with E-state index in [-0.39, 0.29) is 23.0 Å². The zero-order valence-electron chi connectivity index (χ0n) is 11.0. The van der Waals surface area contributed by atoms with Crippen molar-refractivity contribution in [1.82, 2.24) is 4.98 Å². The van der Waals surface area contributed by atoms with E-state index in [9.17, 15) is 14.7 Å². The molecule has 0 fully saturated rings. The highest BCUT2D eigenvalue weighted by atomic mass is 16.4. The van der Waals surface area contributed by atoms with Gasteiger partial charge in [0.2, 0.25) is 5.56 Å². The Morgan fingerprint density at radius 1 is 1.44 bits per heavy atom. The quantitative estimate of drug-likeness (QED) is 0.846. The summed E-state index contributed by atoms with van der Waals surface area (Å²) in [5.74, 6) is -0.161. The van der Waals surface area contributed by atoms with Crippen molar-refractivity contribution in [2.75, 3.05) is 0 Å². The van der Waals surface area contributed by atoms with Crippen LogP contribution in [0.4, 0.5) is 0 Å². The van der Waals surface area contributed by atoms with Gasteiger partial charge in [0, 0.05) is 17.7 Å². The molecule has 0 bridgehead atoms. The van der Waals surface area contributed by atoms with Gasteiger partial charge in [-0.05, 0) is 30.2 Å². The summed E-state index contributed by atoms with van der Waals surface area (Å²) in [6.45, 7) is 6.24. The molecule has 18 heavy (non-hydrogen) atoms. The van der Waals surface area contributed by atoms with E-state index in [1.807, 2.05) is 6.92 Å². The molecule has 1 aromatic rings. The van der Waals surface area contributed by atoms with Gasteiger partial charge in [0.25, 0.3) is 0 Å². The van der Waals surface area contributed by atoms with Gasteiger partial charge in [-0.25, -0.2) is 4.79 Å². The summed E-state index contributed by atoms with van der Waals surface area (Å²) < 4.78 is 0. The molecule has 0 saturated carbocycles. The number of pyridine rings is 1. The summed E-state index contributed by atoms with van der Waals surface area (Å²) in [5, 5.41) is 9.26. The minimum absolute atomic E-state index is 0.173. The van der Waals surface area contributed by atoms with Crippen molar-refractivity contribution in [3.05, 3.63) is 33.2 Å². The number of aromatic nitrogens is 1. The summed E-state index contributed by atoms with van der Waals surface area (Å²) in [7, 11) is 0. The van der Waals surface area contributed by atoms with Gasteiger partial charge >= 0.3 is 5.97 Å². The first-order valence-electron chi connectivity index (χ1n) is 6.42. The molecule has 0 amide bonds. The molecule has 1 aromatic heterocycles. The Labute approximate surface area is 106 Å². The van der Waals surface area contributed by atoms with E-state index in [1.165, 1.54) is 6.07 Å². The molecule has 2 N–H and O–H groups in total. The fourth-order valence-corrected chi connectivity index (χ4v) is 2.98. The van der Waals surface area contributed by atoms with Gasteiger partial charge in [0.05, 0.1) is 5.56 Å². The highest BCUT2D eigenvalue weighted by Gasteiger charge is 2.31. The van der Waals surface area contributed by atoms with Crippen LogP contribution in [-0.4, -0.2) is 16.1 Å². The second-order valence-corrected chi connectivity index (χ2v) is 5.51. The van der Waals surface area contributed by atoms with Crippen LogP contribution in [0.5, 0.6) is 0 Å². The molecule has 1 aliphatic carbocycles. The zero-order valence-corrected chi connectivity index (χ0v) is 11.0. The second-order valence-electron chi connectivity index (χ2n) is 5.51. The first kappa shape index (κ1) is 12.9. The van der Waals surface area contributed by atoms with Crippen LogP contribution in [0.1, 0.15) is 67.1 Å². The molecule has 1 aliphatic rings. The number of hydrogen-bond acceptors (Lipinski definition) is 2. The molecular formula is C14H19NO3. The predicted molar refractivity (Wildman–Crippen MR) is 69.3 cm³/mol. The summed E-state index contributed by atoms with van der Waals surface area (Å²) in [4.78, 5) is 25.8. The van der Waals surface area contributed by atoms with Crippen LogP contribution in [0.3, 0.4) is 0 Å². The molecule has 4 nitrogen and oxygen atoms in total. The van der Waals surface area contributed by atoms with E-state index in [0.717, 1.165) is 24.1 Å². The van der Waals surface area contributed by atoms with E-state index in [1.54, 1.807) is 0 Å². The van der Waals surface area contributed by atoms with Crippen LogP contribution in [0.15, 0.2) is 10.9 Å². The topological polar surface area (TPSA) is 70.2 Å². The molecule has 0 spiro atoms. The molecular weight excluding hydrogens is 230 g/mol. The monoisotopic (exact) mass is 249 g/mol. The molecule has 0 aliphatic heterocycles. The maximum absolute atomic E-state index is 11.6. The number of H-pyrrole nitrogens is 1. The number of rotatable bonds is 2.